The van der Waals surface area contributed by atoms with Crippen molar-refractivity contribution in [1.29, 1.82) is 0 Å². The molecular weight excluding hydrogens is 206 g/mol. The van der Waals surface area contributed by atoms with Gasteiger partial charge in [0.2, 0.25) is 5.82 Å². The normalized spacial score (nSPS) is 11.8. The van der Waals surface area contributed by atoms with E-state index in [1.54, 1.807) is 4.68 Å². The van der Waals surface area contributed by atoms with E-state index in [0.717, 1.165) is 0 Å². The topological polar surface area (TPSA) is 68.8 Å². The van der Waals surface area contributed by atoms with Crippen molar-refractivity contribution in [2.45, 2.75) is 26.3 Å². The van der Waals surface area contributed by atoms with Gasteiger partial charge in [-0.15, -0.1) is 0 Å². The summed E-state index contributed by atoms with van der Waals surface area (Å²) in [7, 11) is 1.85. The summed E-state index contributed by atoms with van der Waals surface area (Å²) < 4.78 is 6.78. The highest BCUT2D eigenvalue weighted by atomic mass is 16.5. The van der Waals surface area contributed by atoms with Crippen LogP contribution >= 0.6 is 0 Å². The fourth-order valence-electron chi connectivity index (χ4n) is 1.23. The van der Waals surface area contributed by atoms with Crippen molar-refractivity contribution in [2.24, 2.45) is 7.05 Å². The molecule has 0 radical (unpaired) electrons. The molecule has 0 atom stereocenters. The number of aromatic nitrogens is 4. The van der Waals surface area contributed by atoms with Crippen LogP contribution in [-0.2, 0) is 7.05 Å². The van der Waals surface area contributed by atoms with Gasteiger partial charge in [-0.05, 0) is 26.8 Å². The zero-order valence-corrected chi connectivity index (χ0v) is 9.85. The highest BCUT2D eigenvalue weighted by molar-refractivity contribution is 5.48. The maximum atomic E-state index is 5.08. The van der Waals surface area contributed by atoms with E-state index in [9.17, 15) is 0 Å². The summed E-state index contributed by atoms with van der Waals surface area (Å²) in [5.41, 5.74) is 0.599. The molecule has 2 aromatic heterocycles. The molecule has 0 unspecified atom stereocenters. The van der Waals surface area contributed by atoms with Crippen LogP contribution in [0, 0.1) is 0 Å². The second-order valence-electron chi connectivity index (χ2n) is 4.67. The molecule has 6 heteroatoms. The highest BCUT2D eigenvalue weighted by Crippen LogP contribution is 2.17. The first-order valence-electron chi connectivity index (χ1n) is 5.06. The largest absolute Gasteiger partial charge is 0.333 e. The van der Waals surface area contributed by atoms with Crippen LogP contribution in [0.5, 0.6) is 0 Å². The van der Waals surface area contributed by atoms with Crippen molar-refractivity contribution < 1.29 is 4.52 Å². The Morgan fingerprint density at radius 3 is 2.69 bits per heavy atom. The SMILES string of the molecule is Cn1ccc(-c2noc(NC(C)(C)C)n2)n1. The van der Waals surface area contributed by atoms with Crippen molar-refractivity contribution in [3.05, 3.63) is 12.3 Å². The van der Waals surface area contributed by atoms with Crippen molar-refractivity contribution in [3.8, 4) is 11.5 Å². The summed E-state index contributed by atoms with van der Waals surface area (Å²) in [6.45, 7) is 6.08. The van der Waals surface area contributed by atoms with Crippen LogP contribution in [0.15, 0.2) is 16.8 Å². The Kier molecular flexibility index (Phi) is 2.41. The summed E-state index contributed by atoms with van der Waals surface area (Å²) >= 11 is 0. The second-order valence-corrected chi connectivity index (χ2v) is 4.67. The van der Waals surface area contributed by atoms with E-state index in [1.165, 1.54) is 0 Å². The molecule has 0 spiro atoms. The van der Waals surface area contributed by atoms with Crippen LogP contribution in [-0.4, -0.2) is 25.5 Å². The monoisotopic (exact) mass is 221 g/mol. The Labute approximate surface area is 93.7 Å². The van der Waals surface area contributed by atoms with Crippen LogP contribution in [0.3, 0.4) is 0 Å². The van der Waals surface area contributed by atoms with Gasteiger partial charge in [0.25, 0.3) is 0 Å². The molecule has 86 valence electrons. The molecular formula is C10H15N5O. The summed E-state index contributed by atoms with van der Waals surface area (Å²) in [6.07, 6.45) is 1.84. The van der Waals surface area contributed by atoms with Crippen LogP contribution in [0.1, 0.15) is 20.8 Å². The number of anilines is 1. The van der Waals surface area contributed by atoms with E-state index in [4.69, 9.17) is 4.52 Å². The highest BCUT2D eigenvalue weighted by Gasteiger charge is 2.16. The van der Waals surface area contributed by atoms with Crippen LogP contribution in [0.2, 0.25) is 0 Å². The molecule has 0 aliphatic rings. The molecule has 0 fully saturated rings. The Morgan fingerprint density at radius 1 is 1.38 bits per heavy atom. The van der Waals surface area contributed by atoms with E-state index < -0.39 is 0 Å². The lowest BCUT2D eigenvalue weighted by Crippen LogP contribution is -2.26. The Bertz CT molecular complexity index is 479. The summed E-state index contributed by atoms with van der Waals surface area (Å²) in [4.78, 5) is 4.21. The van der Waals surface area contributed by atoms with Gasteiger partial charge >= 0.3 is 6.01 Å². The zero-order chi connectivity index (χ0) is 11.8. The summed E-state index contributed by atoms with van der Waals surface area (Å²) in [6, 6.07) is 2.25. The lowest BCUT2D eigenvalue weighted by atomic mass is 10.1. The Hall–Kier alpha value is -1.85. The third-order valence-electron chi connectivity index (χ3n) is 1.85. The number of hydrogen-bond donors (Lipinski definition) is 1. The quantitative estimate of drug-likeness (QED) is 0.835. The third kappa shape index (κ3) is 2.39. The van der Waals surface area contributed by atoms with Gasteiger partial charge in [0.05, 0.1) is 0 Å². The van der Waals surface area contributed by atoms with Crippen LogP contribution in [0.25, 0.3) is 11.5 Å². The predicted octanol–water partition coefficient (Wildman–Crippen LogP) is 1.68. The fourth-order valence-corrected chi connectivity index (χ4v) is 1.23. The Balaban J connectivity index is 2.20. The molecule has 0 saturated heterocycles. The standard InChI is InChI=1S/C10H15N5O/c1-10(2,3)12-9-11-8(14-16-9)7-5-6-15(4)13-7/h5-6H,1-4H3,(H,11,12,14). The molecule has 0 bridgehead atoms. The number of nitrogens with one attached hydrogen (secondary N) is 1. The molecule has 0 saturated carbocycles. The first-order valence-corrected chi connectivity index (χ1v) is 5.06. The first kappa shape index (κ1) is 10.7. The van der Waals surface area contributed by atoms with E-state index >= 15 is 0 Å². The van der Waals surface area contributed by atoms with Gasteiger partial charge in [-0.1, -0.05) is 5.16 Å². The lowest BCUT2D eigenvalue weighted by Gasteiger charge is -2.17. The van der Waals surface area contributed by atoms with E-state index in [1.807, 2.05) is 40.1 Å². The molecule has 6 nitrogen and oxygen atoms in total. The molecule has 2 aromatic rings. The Morgan fingerprint density at radius 2 is 2.12 bits per heavy atom. The molecule has 2 heterocycles. The smallest absolute Gasteiger partial charge is 0.322 e. The zero-order valence-electron chi connectivity index (χ0n) is 9.85. The summed E-state index contributed by atoms with van der Waals surface area (Å²) in [5.74, 6) is 0.493. The molecule has 0 aromatic carbocycles. The van der Waals surface area contributed by atoms with E-state index in [-0.39, 0.29) is 5.54 Å². The average Bonchev–Trinajstić information content (AvgIpc) is 2.71. The van der Waals surface area contributed by atoms with Crippen molar-refractivity contribution in [2.75, 3.05) is 5.32 Å². The number of hydrogen-bond acceptors (Lipinski definition) is 5. The molecule has 16 heavy (non-hydrogen) atoms. The van der Waals surface area contributed by atoms with E-state index in [0.29, 0.717) is 17.5 Å². The second kappa shape index (κ2) is 3.62. The predicted molar refractivity (Wildman–Crippen MR) is 59.9 cm³/mol. The first-order chi connectivity index (χ1) is 7.44. The fraction of sp³-hybridized carbons (Fsp3) is 0.500. The molecule has 1 N–H and O–H groups in total. The van der Waals surface area contributed by atoms with Crippen LogP contribution in [0.4, 0.5) is 6.01 Å². The van der Waals surface area contributed by atoms with Gasteiger partial charge in [-0.3, -0.25) is 4.68 Å². The minimum absolute atomic E-state index is 0.103. The van der Waals surface area contributed by atoms with Gasteiger partial charge in [0.1, 0.15) is 5.69 Å². The molecule has 0 aliphatic carbocycles. The van der Waals surface area contributed by atoms with E-state index in [2.05, 4.69) is 20.6 Å². The van der Waals surface area contributed by atoms with Gasteiger partial charge in [0, 0.05) is 18.8 Å². The number of rotatable bonds is 2. The number of aryl methyl sites for hydroxylation is 1. The van der Waals surface area contributed by atoms with Crippen molar-refractivity contribution in [1.82, 2.24) is 19.9 Å². The van der Waals surface area contributed by atoms with Gasteiger partial charge in [0.15, 0.2) is 0 Å². The molecule has 0 amide bonds. The minimum atomic E-state index is -0.103. The summed E-state index contributed by atoms with van der Waals surface area (Å²) in [5, 5.41) is 11.2. The maximum absolute atomic E-state index is 5.08. The minimum Gasteiger partial charge on any atom is -0.333 e. The van der Waals surface area contributed by atoms with Gasteiger partial charge < -0.3 is 9.84 Å². The van der Waals surface area contributed by atoms with Gasteiger partial charge in [-0.2, -0.15) is 10.1 Å². The number of nitrogens with zero attached hydrogens (tertiary/aromatic N) is 4. The molecule has 0 aliphatic heterocycles. The maximum Gasteiger partial charge on any atom is 0.322 e. The lowest BCUT2D eigenvalue weighted by molar-refractivity contribution is 0.420. The van der Waals surface area contributed by atoms with Gasteiger partial charge in [-0.25, -0.2) is 0 Å². The third-order valence-corrected chi connectivity index (χ3v) is 1.85. The van der Waals surface area contributed by atoms with Crippen molar-refractivity contribution in [3.63, 3.8) is 0 Å². The van der Waals surface area contributed by atoms with Crippen LogP contribution < -0.4 is 5.32 Å². The average molecular weight is 221 g/mol. The van der Waals surface area contributed by atoms with Crippen molar-refractivity contribution >= 4 is 6.01 Å². The molecule has 2 rings (SSSR count).